The minimum atomic E-state index is -10.7. The molecule has 0 spiro atoms. The molecule has 4 aromatic rings. The van der Waals surface area contributed by atoms with Crippen LogP contribution < -0.4 is 9.57 Å². The topological polar surface area (TPSA) is 13.1 Å². The van der Waals surface area contributed by atoms with E-state index in [1.165, 1.54) is 30.4 Å². The van der Waals surface area contributed by atoms with Crippen LogP contribution in [0.1, 0.15) is 39.5 Å². The first-order valence-electron chi connectivity index (χ1n) is 13.2. The van der Waals surface area contributed by atoms with Gasteiger partial charge in [0.25, 0.3) is 11.4 Å². The van der Waals surface area contributed by atoms with Crippen LogP contribution in [0.4, 0.5) is 25.2 Å². The van der Waals surface area contributed by atoms with Crippen LogP contribution in [0.2, 0.25) is 0 Å². The van der Waals surface area contributed by atoms with E-state index < -0.39 is 7.81 Å². The summed E-state index contributed by atoms with van der Waals surface area (Å²) in [7, 11) is -10.7. The van der Waals surface area contributed by atoms with Crippen molar-refractivity contribution in [1.82, 2.24) is 0 Å². The fraction of sp³-hybridized carbons (Fsp3) is 0.258. The summed E-state index contributed by atoms with van der Waals surface area (Å²) in [6.07, 6.45) is 4.80. The van der Waals surface area contributed by atoms with Gasteiger partial charge in [0.05, 0.1) is 11.1 Å². The number of pyridine rings is 1. The Morgan fingerprint density at radius 3 is 1.40 bits per heavy atom. The number of unbranched alkanes of at least 4 members (excludes halogenated alkanes) is 1. The molecule has 0 fully saturated rings. The number of hydrogen-bond acceptors (Lipinski definition) is 1. The van der Waals surface area contributed by atoms with Crippen molar-refractivity contribution in [3.63, 3.8) is 0 Å². The summed E-state index contributed by atoms with van der Waals surface area (Å²) >= 11 is 0. The van der Waals surface area contributed by atoms with Crippen LogP contribution in [0.25, 0.3) is 33.6 Å². The molecule has 1 heterocycles. The molecule has 0 saturated heterocycles. The molecule has 0 aliphatic heterocycles. The summed E-state index contributed by atoms with van der Waals surface area (Å²) in [5.74, 6) is 0.554. The van der Waals surface area contributed by atoms with Crippen LogP contribution in [0.15, 0.2) is 103 Å². The van der Waals surface area contributed by atoms with Gasteiger partial charge in [-0.05, 0) is 54.2 Å². The van der Waals surface area contributed by atoms with Crippen molar-refractivity contribution in [3.8, 4) is 33.6 Å². The number of hydrogen-bond donors (Lipinski definition) is 0. The van der Waals surface area contributed by atoms with E-state index in [1.54, 1.807) is 0 Å². The van der Waals surface area contributed by atoms with Crippen molar-refractivity contribution in [2.24, 2.45) is 5.92 Å². The van der Waals surface area contributed by atoms with Crippen LogP contribution in [0, 0.1) is 5.92 Å². The number of aromatic nitrogens is 1. The number of rotatable bonds is 10. The van der Waals surface area contributed by atoms with E-state index in [0.29, 0.717) is 12.5 Å². The van der Waals surface area contributed by atoms with Gasteiger partial charge in [0, 0.05) is 16.9 Å². The van der Waals surface area contributed by atoms with Gasteiger partial charge < -0.3 is 0 Å². The molecule has 0 amide bonds. The summed E-state index contributed by atoms with van der Waals surface area (Å²) in [6, 6.07) is 36.2. The van der Waals surface area contributed by atoms with Crippen molar-refractivity contribution in [1.29, 1.82) is 0 Å². The molecule has 216 valence electrons. The van der Waals surface area contributed by atoms with Gasteiger partial charge in [0.1, 0.15) is 0 Å². The molecule has 0 saturated carbocycles. The zero-order valence-corrected chi connectivity index (χ0v) is 23.4. The second kappa shape index (κ2) is 12.4. The van der Waals surface area contributed by atoms with E-state index in [9.17, 15) is 25.2 Å². The third kappa shape index (κ3) is 11.0. The third-order valence-electron chi connectivity index (χ3n) is 6.25. The van der Waals surface area contributed by atoms with E-state index >= 15 is 0 Å². The molecule has 2 nitrogen and oxygen atoms in total. The molecular weight excluding hydrogens is 547 g/mol. The van der Waals surface area contributed by atoms with E-state index in [-0.39, 0.29) is 0 Å². The van der Waals surface area contributed by atoms with Crippen molar-refractivity contribution in [2.45, 2.75) is 39.5 Å². The van der Waals surface area contributed by atoms with Gasteiger partial charge in [-0.25, -0.2) is 0 Å². The second-order valence-electron chi connectivity index (χ2n) is 9.58. The van der Waals surface area contributed by atoms with Crippen LogP contribution in [-0.4, -0.2) is 6.61 Å². The summed E-state index contributed by atoms with van der Waals surface area (Å²) in [5, 5.41) is 0. The normalized spacial score (nSPS) is 13.8. The van der Waals surface area contributed by atoms with E-state index in [4.69, 9.17) is 4.84 Å². The molecule has 1 aromatic heterocycles. The fourth-order valence-electron chi connectivity index (χ4n) is 4.22. The molecular formula is C31H34F6NOP. The van der Waals surface area contributed by atoms with Gasteiger partial charge in [0.15, 0.2) is 6.61 Å². The number of benzene rings is 3. The second-order valence-corrected chi connectivity index (χ2v) is 11.5. The summed E-state index contributed by atoms with van der Waals surface area (Å²) < 4.78 is 61.3. The predicted molar refractivity (Wildman–Crippen MR) is 151 cm³/mol. The molecule has 0 aliphatic rings. The monoisotopic (exact) mass is 581 g/mol. The van der Waals surface area contributed by atoms with Gasteiger partial charge in [-0.15, -0.1) is 0 Å². The Hall–Kier alpha value is -3.38. The van der Waals surface area contributed by atoms with Crippen molar-refractivity contribution >= 4 is 7.81 Å². The van der Waals surface area contributed by atoms with Crippen molar-refractivity contribution < 1.29 is 34.7 Å². The standard InChI is InChI=1S/C31H34NO.F6P/c1-3-5-15-25(4-2)24-33-32-30(27-18-11-7-12-19-27)22-29(26-16-9-6-10-17-26)23-31(32)28-20-13-8-14-21-28;1-7(2,3,4,5)6/h6-14,16-23,25H,3-5,15,24H2,1-2H3;/q+1;-1. The van der Waals surface area contributed by atoms with Gasteiger partial charge >= 0.3 is 33.0 Å². The molecule has 40 heavy (non-hydrogen) atoms. The van der Waals surface area contributed by atoms with Crippen LogP contribution in [0.3, 0.4) is 0 Å². The summed E-state index contributed by atoms with van der Waals surface area (Å²) in [6.45, 7) is 5.24. The molecule has 0 N–H and O–H groups in total. The fourth-order valence-corrected chi connectivity index (χ4v) is 4.22. The van der Waals surface area contributed by atoms with E-state index in [0.717, 1.165) is 28.9 Å². The van der Waals surface area contributed by atoms with Crippen molar-refractivity contribution in [2.75, 3.05) is 6.61 Å². The van der Waals surface area contributed by atoms with Crippen LogP contribution >= 0.6 is 7.81 Å². The van der Waals surface area contributed by atoms with E-state index in [2.05, 4.69) is 122 Å². The molecule has 0 aliphatic carbocycles. The Bertz CT molecular complexity index is 1280. The summed E-state index contributed by atoms with van der Waals surface area (Å²) in [5.41, 5.74) is 6.82. The quantitative estimate of drug-likeness (QED) is 0.103. The SMILES string of the molecule is CCCCC(CC)CO[n+]1c(-c2ccccc2)cc(-c2ccccc2)cc1-c1ccccc1.F[P-](F)(F)(F)(F)F. The van der Waals surface area contributed by atoms with Gasteiger partial charge in [0.2, 0.25) is 0 Å². The molecule has 0 radical (unpaired) electrons. The Morgan fingerprint density at radius 2 is 1.02 bits per heavy atom. The van der Waals surface area contributed by atoms with Crippen LogP contribution in [-0.2, 0) is 0 Å². The molecule has 1 atom stereocenters. The van der Waals surface area contributed by atoms with Gasteiger partial charge in [-0.2, -0.15) is 0 Å². The Kier molecular flexibility index (Phi) is 9.68. The zero-order valence-electron chi connectivity index (χ0n) is 22.5. The van der Waals surface area contributed by atoms with Gasteiger partial charge in [-0.1, -0.05) is 93.4 Å². The van der Waals surface area contributed by atoms with Gasteiger partial charge in [-0.3, -0.25) is 4.84 Å². The summed E-state index contributed by atoms with van der Waals surface area (Å²) in [4.78, 5) is 6.63. The average Bonchev–Trinajstić information content (AvgIpc) is 2.92. The maximum atomic E-state index is 9.87. The first-order valence-corrected chi connectivity index (χ1v) is 15.2. The first-order chi connectivity index (χ1) is 18.7. The van der Waals surface area contributed by atoms with Crippen LogP contribution in [0.5, 0.6) is 0 Å². The zero-order chi connectivity index (χ0) is 29.3. The first kappa shape index (κ1) is 31.2. The molecule has 9 heteroatoms. The minimum absolute atomic E-state index is 0.554. The predicted octanol–water partition coefficient (Wildman–Crippen LogP) is 11.0. The Balaban J connectivity index is 0.000000559. The van der Waals surface area contributed by atoms with E-state index in [1.807, 2.05) is 0 Å². The molecule has 3 aromatic carbocycles. The maximum absolute atomic E-state index is 10.7. The average molecular weight is 582 g/mol. The Morgan fingerprint density at radius 1 is 0.625 bits per heavy atom. The molecule has 4 rings (SSSR count). The van der Waals surface area contributed by atoms with Crippen molar-refractivity contribution in [3.05, 3.63) is 103 Å². The number of nitrogens with zero attached hydrogens (tertiary/aromatic N) is 1. The number of halogens is 6. The Labute approximate surface area is 231 Å². The molecule has 1 unspecified atom stereocenters. The third-order valence-corrected chi connectivity index (χ3v) is 6.25. The molecule has 0 bridgehead atoms.